The Labute approximate surface area is 121 Å². The molecule has 2 rings (SSSR count). The molecule has 1 nitrogen and oxygen atoms in total. The summed E-state index contributed by atoms with van der Waals surface area (Å²) in [5, 5.41) is 0. The molecular weight excluding hydrogens is 252 g/mol. The lowest BCUT2D eigenvalue weighted by Crippen LogP contribution is -2.37. The van der Waals surface area contributed by atoms with Gasteiger partial charge in [0.05, 0.1) is 0 Å². The average molecular weight is 276 g/mol. The van der Waals surface area contributed by atoms with Gasteiger partial charge in [0.25, 0.3) is 0 Å². The first-order valence-corrected chi connectivity index (χ1v) is 7.69. The molecule has 0 N–H and O–H groups in total. The lowest BCUT2D eigenvalue weighted by Gasteiger charge is -2.42. The summed E-state index contributed by atoms with van der Waals surface area (Å²) in [7, 11) is 1.83. The maximum Gasteiger partial charge on any atom is 0.143 e. The minimum absolute atomic E-state index is 0.113. The van der Waals surface area contributed by atoms with Crippen molar-refractivity contribution in [2.75, 3.05) is 7.11 Å². The van der Waals surface area contributed by atoms with E-state index in [1.807, 2.05) is 18.9 Å². The van der Waals surface area contributed by atoms with Gasteiger partial charge in [-0.25, -0.2) is 0 Å². The summed E-state index contributed by atoms with van der Waals surface area (Å²) in [5.74, 6) is 0. The summed E-state index contributed by atoms with van der Waals surface area (Å²) >= 11 is 1.85. The fourth-order valence-corrected chi connectivity index (χ4v) is 4.07. The third kappa shape index (κ3) is 3.06. The van der Waals surface area contributed by atoms with Crippen molar-refractivity contribution >= 4 is 11.8 Å². The third-order valence-corrected chi connectivity index (χ3v) is 5.05. The van der Waals surface area contributed by atoms with E-state index >= 15 is 0 Å². The normalized spacial score (nSPS) is 27.1. The molecule has 1 unspecified atom stereocenters. The van der Waals surface area contributed by atoms with Crippen LogP contribution in [0.15, 0.2) is 46.4 Å². The molecule has 0 amide bonds. The van der Waals surface area contributed by atoms with Crippen LogP contribution in [0.1, 0.15) is 40.5 Å². The van der Waals surface area contributed by atoms with Gasteiger partial charge in [0.2, 0.25) is 0 Å². The Kier molecular flexibility index (Phi) is 4.12. The number of ether oxygens (including phenoxy) is 1. The van der Waals surface area contributed by atoms with Gasteiger partial charge in [-0.05, 0) is 24.3 Å². The molecule has 0 aromatic carbocycles. The summed E-state index contributed by atoms with van der Waals surface area (Å²) < 4.78 is 6.00. The van der Waals surface area contributed by atoms with Crippen molar-refractivity contribution in [2.45, 2.75) is 45.5 Å². The molecule has 0 aliphatic heterocycles. The summed E-state index contributed by atoms with van der Waals surface area (Å²) in [5.41, 5.74) is 2.84. The predicted octanol–water partition coefficient (Wildman–Crippen LogP) is 5.23. The minimum Gasteiger partial charge on any atom is -0.363 e. The molecule has 0 fully saturated rings. The highest BCUT2D eigenvalue weighted by molar-refractivity contribution is 8.04. The van der Waals surface area contributed by atoms with Crippen LogP contribution in [0.3, 0.4) is 0 Å². The van der Waals surface area contributed by atoms with Gasteiger partial charge in [-0.2, -0.15) is 0 Å². The SMILES string of the molecule is COC1(SC2=CCC=C2)CC=C(C)C=C1C(C)(C)C. The first-order chi connectivity index (χ1) is 8.87. The van der Waals surface area contributed by atoms with E-state index in [0.29, 0.717) is 0 Å². The molecule has 0 saturated heterocycles. The Morgan fingerprint density at radius 3 is 2.53 bits per heavy atom. The maximum atomic E-state index is 6.00. The van der Waals surface area contributed by atoms with E-state index in [0.717, 1.165) is 12.8 Å². The van der Waals surface area contributed by atoms with Crippen LogP contribution < -0.4 is 0 Å². The molecule has 2 heteroatoms. The molecule has 2 aliphatic carbocycles. The topological polar surface area (TPSA) is 9.23 Å². The van der Waals surface area contributed by atoms with Crippen molar-refractivity contribution in [3.8, 4) is 0 Å². The first kappa shape index (κ1) is 14.7. The Morgan fingerprint density at radius 1 is 1.26 bits per heavy atom. The van der Waals surface area contributed by atoms with Crippen molar-refractivity contribution in [1.82, 2.24) is 0 Å². The highest BCUT2D eigenvalue weighted by atomic mass is 32.2. The van der Waals surface area contributed by atoms with Crippen molar-refractivity contribution in [1.29, 1.82) is 0 Å². The smallest absolute Gasteiger partial charge is 0.143 e. The van der Waals surface area contributed by atoms with E-state index in [1.165, 1.54) is 16.1 Å². The lowest BCUT2D eigenvalue weighted by molar-refractivity contribution is 0.0866. The Balaban J connectivity index is 2.37. The monoisotopic (exact) mass is 276 g/mol. The van der Waals surface area contributed by atoms with Gasteiger partial charge in [-0.1, -0.05) is 68.5 Å². The van der Waals surface area contributed by atoms with Crippen molar-refractivity contribution in [3.63, 3.8) is 0 Å². The molecule has 0 spiro atoms. The average Bonchev–Trinajstić information content (AvgIpc) is 2.83. The van der Waals surface area contributed by atoms with E-state index in [9.17, 15) is 0 Å². The Hall–Kier alpha value is -0.730. The molecule has 0 heterocycles. The molecule has 0 radical (unpaired) electrons. The molecule has 1 atom stereocenters. The molecule has 0 bridgehead atoms. The molecule has 0 aromatic rings. The van der Waals surface area contributed by atoms with Crippen LogP contribution in [-0.4, -0.2) is 12.0 Å². The number of hydrogen-bond acceptors (Lipinski definition) is 2. The van der Waals surface area contributed by atoms with E-state index in [1.54, 1.807) is 0 Å². The van der Waals surface area contributed by atoms with Gasteiger partial charge >= 0.3 is 0 Å². The van der Waals surface area contributed by atoms with Crippen LogP contribution >= 0.6 is 11.8 Å². The van der Waals surface area contributed by atoms with Crippen molar-refractivity contribution in [3.05, 3.63) is 46.4 Å². The van der Waals surface area contributed by atoms with Gasteiger partial charge in [0.15, 0.2) is 0 Å². The minimum atomic E-state index is -0.252. The van der Waals surface area contributed by atoms with Crippen molar-refractivity contribution in [2.24, 2.45) is 5.41 Å². The zero-order valence-electron chi connectivity index (χ0n) is 12.6. The van der Waals surface area contributed by atoms with Crippen molar-refractivity contribution < 1.29 is 4.74 Å². The first-order valence-electron chi connectivity index (χ1n) is 6.88. The van der Waals surface area contributed by atoms with Crippen LogP contribution in [0.25, 0.3) is 0 Å². The van der Waals surface area contributed by atoms with E-state index in [2.05, 4.69) is 58.1 Å². The number of rotatable bonds is 3. The summed E-state index contributed by atoms with van der Waals surface area (Å²) in [6.07, 6.45) is 13.3. The molecule has 19 heavy (non-hydrogen) atoms. The lowest BCUT2D eigenvalue weighted by atomic mass is 9.78. The van der Waals surface area contributed by atoms with E-state index in [-0.39, 0.29) is 10.3 Å². The maximum absolute atomic E-state index is 6.00. The second-order valence-electron chi connectivity index (χ2n) is 6.26. The zero-order valence-corrected chi connectivity index (χ0v) is 13.4. The predicted molar refractivity (Wildman–Crippen MR) is 85.1 cm³/mol. The van der Waals surface area contributed by atoms with Gasteiger partial charge in [0.1, 0.15) is 4.93 Å². The molecule has 2 aliphatic rings. The molecule has 0 aromatic heterocycles. The second kappa shape index (κ2) is 5.34. The molecule has 0 saturated carbocycles. The van der Waals surface area contributed by atoms with E-state index in [4.69, 9.17) is 4.74 Å². The number of allylic oxidation sites excluding steroid dienone is 5. The summed E-state index contributed by atoms with van der Waals surface area (Å²) in [6, 6.07) is 0. The summed E-state index contributed by atoms with van der Waals surface area (Å²) in [4.78, 5) is 1.07. The highest BCUT2D eigenvalue weighted by Gasteiger charge is 2.42. The van der Waals surface area contributed by atoms with Gasteiger partial charge in [-0.15, -0.1) is 0 Å². The number of methoxy groups -OCH3 is 1. The van der Waals surface area contributed by atoms with Crippen LogP contribution in [0.2, 0.25) is 0 Å². The largest absolute Gasteiger partial charge is 0.363 e. The van der Waals surface area contributed by atoms with Crippen LogP contribution in [0.4, 0.5) is 0 Å². The third-order valence-electron chi connectivity index (χ3n) is 3.63. The molecular formula is C17H24OS. The molecule has 104 valence electrons. The fraction of sp³-hybridized carbons (Fsp3) is 0.529. The summed E-state index contributed by atoms with van der Waals surface area (Å²) in [6.45, 7) is 8.98. The number of hydrogen-bond donors (Lipinski definition) is 0. The second-order valence-corrected chi connectivity index (χ2v) is 7.60. The zero-order chi connectivity index (χ0) is 14.1. The highest BCUT2D eigenvalue weighted by Crippen LogP contribution is 2.51. The Bertz CT molecular complexity index is 474. The van der Waals surface area contributed by atoms with Gasteiger partial charge < -0.3 is 4.74 Å². The van der Waals surface area contributed by atoms with Crippen LogP contribution in [-0.2, 0) is 4.74 Å². The van der Waals surface area contributed by atoms with E-state index < -0.39 is 0 Å². The fourth-order valence-electron chi connectivity index (χ4n) is 2.62. The van der Waals surface area contributed by atoms with Crippen LogP contribution in [0.5, 0.6) is 0 Å². The standard InChI is InChI=1S/C17H24OS/c1-13-10-11-17(18-5,15(12-13)16(2,3)4)19-14-8-6-7-9-14/h6,8-10,12H,7,11H2,1-5H3. The van der Waals surface area contributed by atoms with Gasteiger partial charge in [-0.3, -0.25) is 0 Å². The quantitative estimate of drug-likeness (QED) is 0.653. The Morgan fingerprint density at radius 2 is 2.00 bits per heavy atom. The number of thioether (sulfide) groups is 1. The van der Waals surface area contributed by atoms with Crippen LogP contribution in [0, 0.1) is 5.41 Å². The van der Waals surface area contributed by atoms with Gasteiger partial charge in [0, 0.05) is 18.4 Å².